The van der Waals surface area contributed by atoms with Gasteiger partial charge in [0.05, 0.1) is 10.6 Å². The zero-order valence-electron chi connectivity index (χ0n) is 12.8. The Morgan fingerprint density at radius 2 is 1.96 bits per heavy atom. The third-order valence-electron chi connectivity index (χ3n) is 3.30. The first-order valence-corrected chi connectivity index (χ1v) is 9.25. The second kappa shape index (κ2) is 8.03. The summed E-state index contributed by atoms with van der Waals surface area (Å²) >= 11 is 2.94. The molecule has 0 fully saturated rings. The van der Waals surface area contributed by atoms with E-state index >= 15 is 0 Å². The molecule has 0 aliphatic heterocycles. The number of thiazole rings is 1. The highest BCUT2D eigenvalue weighted by Crippen LogP contribution is 2.24. The van der Waals surface area contributed by atoms with Crippen molar-refractivity contribution in [1.29, 1.82) is 0 Å². The van der Waals surface area contributed by atoms with Gasteiger partial charge in [0, 0.05) is 24.0 Å². The van der Waals surface area contributed by atoms with Gasteiger partial charge in [-0.25, -0.2) is 9.37 Å². The van der Waals surface area contributed by atoms with Crippen molar-refractivity contribution in [3.05, 3.63) is 57.9 Å². The molecule has 0 aliphatic carbocycles. The molecular weight excluding hydrogens is 345 g/mol. The number of thiophene rings is 1. The van der Waals surface area contributed by atoms with Gasteiger partial charge in [0.1, 0.15) is 5.82 Å². The number of rotatable bonds is 7. The fourth-order valence-electron chi connectivity index (χ4n) is 2.09. The molecule has 2 N–H and O–H groups in total. The van der Waals surface area contributed by atoms with Crippen LogP contribution >= 0.6 is 22.7 Å². The average molecular weight is 361 g/mol. The Balaban J connectivity index is 1.41. The van der Waals surface area contributed by atoms with Gasteiger partial charge in [-0.15, -0.1) is 22.7 Å². The molecule has 0 unspecified atom stereocenters. The van der Waals surface area contributed by atoms with Gasteiger partial charge in [-0.3, -0.25) is 4.79 Å². The maximum atomic E-state index is 12.9. The molecule has 124 valence electrons. The third-order valence-corrected chi connectivity index (χ3v) is 4.97. The number of hydrogen-bond acceptors (Lipinski definition) is 5. The van der Waals surface area contributed by atoms with E-state index in [-0.39, 0.29) is 11.7 Å². The quantitative estimate of drug-likeness (QED) is 0.619. The molecule has 7 heteroatoms. The Bertz CT molecular complexity index is 785. The Kier molecular flexibility index (Phi) is 5.55. The van der Waals surface area contributed by atoms with Gasteiger partial charge in [0.25, 0.3) is 5.91 Å². The minimum Gasteiger partial charge on any atom is -0.361 e. The topological polar surface area (TPSA) is 54.0 Å². The lowest BCUT2D eigenvalue weighted by atomic mass is 10.2. The lowest BCUT2D eigenvalue weighted by Crippen LogP contribution is -2.25. The zero-order chi connectivity index (χ0) is 16.8. The van der Waals surface area contributed by atoms with Gasteiger partial charge in [-0.2, -0.15) is 0 Å². The first kappa shape index (κ1) is 16.6. The highest BCUT2D eigenvalue weighted by atomic mass is 32.1. The van der Waals surface area contributed by atoms with Crippen LogP contribution < -0.4 is 10.6 Å². The Hall–Kier alpha value is -2.25. The van der Waals surface area contributed by atoms with Gasteiger partial charge >= 0.3 is 0 Å². The molecule has 2 aromatic heterocycles. The van der Waals surface area contributed by atoms with Crippen LogP contribution in [0, 0.1) is 5.82 Å². The molecule has 1 aromatic carbocycles. The molecule has 4 nitrogen and oxygen atoms in total. The molecule has 0 atom stereocenters. The first-order chi connectivity index (χ1) is 11.7. The molecule has 3 aromatic rings. The smallest absolute Gasteiger partial charge is 0.261 e. The van der Waals surface area contributed by atoms with Crippen molar-refractivity contribution >= 4 is 33.7 Å². The molecule has 0 bridgehead atoms. The Morgan fingerprint density at radius 3 is 2.71 bits per heavy atom. The molecule has 0 saturated carbocycles. The molecule has 3 rings (SSSR count). The van der Waals surface area contributed by atoms with Crippen LogP contribution in [0.4, 0.5) is 9.52 Å². The summed E-state index contributed by atoms with van der Waals surface area (Å²) in [5.74, 6) is -0.283. The first-order valence-electron chi connectivity index (χ1n) is 7.49. The van der Waals surface area contributed by atoms with Crippen molar-refractivity contribution in [2.75, 3.05) is 18.4 Å². The molecular formula is C17H16FN3OS2. The summed E-state index contributed by atoms with van der Waals surface area (Å²) in [7, 11) is 0. The van der Waals surface area contributed by atoms with Crippen molar-refractivity contribution < 1.29 is 9.18 Å². The largest absolute Gasteiger partial charge is 0.361 e. The van der Waals surface area contributed by atoms with Crippen LogP contribution in [0.2, 0.25) is 0 Å². The predicted octanol–water partition coefficient (Wildman–Crippen LogP) is 4.24. The van der Waals surface area contributed by atoms with E-state index in [1.807, 2.05) is 22.9 Å². The summed E-state index contributed by atoms with van der Waals surface area (Å²) in [5, 5.41) is 10.8. The fourth-order valence-corrected chi connectivity index (χ4v) is 3.48. The van der Waals surface area contributed by atoms with Crippen molar-refractivity contribution in [3.63, 3.8) is 0 Å². The van der Waals surface area contributed by atoms with Crippen LogP contribution in [-0.2, 0) is 0 Å². The predicted molar refractivity (Wildman–Crippen MR) is 97.3 cm³/mol. The molecule has 24 heavy (non-hydrogen) atoms. The Morgan fingerprint density at radius 1 is 1.12 bits per heavy atom. The summed E-state index contributed by atoms with van der Waals surface area (Å²) < 4.78 is 12.9. The normalized spacial score (nSPS) is 10.5. The molecule has 2 heterocycles. The van der Waals surface area contributed by atoms with Crippen molar-refractivity contribution in [2.45, 2.75) is 6.42 Å². The van der Waals surface area contributed by atoms with Crippen LogP contribution in [-0.4, -0.2) is 24.0 Å². The number of nitrogens with one attached hydrogen (secondary N) is 2. The second-order valence-corrected chi connectivity index (χ2v) is 6.86. The summed E-state index contributed by atoms with van der Waals surface area (Å²) in [6, 6.07) is 9.96. The lowest BCUT2D eigenvalue weighted by molar-refractivity contribution is 0.0957. The third kappa shape index (κ3) is 4.39. The van der Waals surface area contributed by atoms with Gasteiger partial charge < -0.3 is 10.6 Å². The van der Waals surface area contributed by atoms with Crippen LogP contribution in [0.5, 0.6) is 0 Å². The molecule has 1 amide bonds. The standard InChI is InChI=1S/C17H16FN3OS2/c18-13-6-4-12(5-7-13)14-11-24-17(21-14)20-9-2-8-19-16(22)15-3-1-10-23-15/h1,3-7,10-11H,2,8-9H2,(H,19,22)(H,20,21). The number of amides is 1. The highest BCUT2D eigenvalue weighted by Gasteiger charge is 2.06. The number of carbonyl (C=O) groups is 1. The maximum Gasteiger partial charge on any atom is 0.261 e. The van der Waals surface area contributed by atoms with E-state index in [1.54, 1.807) is 12.1 Å². The van der Waals surface area contributed by atoms with E-state index in [0.717, 1.165) is 34.2 Å². The number of aromatic nitrogens is 1. The van der Waals surface area contributed by atoms with Crippen molar-refractivity contribution in [1.82, 2.24) is 10.3 Å². The Labute approximate surface area is 147 Å². The lowest BCUT2D eigenvalue weighted by Gasteiger charge is -2.04. The van der Waals surface area contributed by atoms with Crippen LogP contribution in [0.1, 0.15) is 16.1 Å². The summed E-state index contributed by atoms with van der Waals surface area (Å²) in [4.78, 5) is 17.0. The van der Waals surface area contributed by atoms with E-state index in [1.165, 1.54) is 34.8 Å². The van der Waals surface area contributed by atoms with Crippen LogP contribution in [0.3, 0.4) is 0 Å². The minimum atomic E-state index is -0.253. The molecule has 0 saturated heterocycles. The summed E-state index contributed by atoms with van der Waals surface area (Å²) in [6.07, 6.45) is 0.808. The summed E-state index contributed by atoms with van der Waals surface area (Å²) in [5.41, 5.74) is 1.72. The average Bonchev–Trinajstić information content (AvgIpc) is 3.27. The van der Waals surface area contributed by atoms with Crippen molar-refractivity contribution in [3.8, 4) is 11.3 Å². The molecule has 0 aliphatic rings. The van der Waals surface area contributed by atoms with Gasteiger partial charge in [-0.05, 0) is 42.1 Å². The minimum absolute atomic E-state index is 0.0298. The number of anilines is 1. The van der Waals surface area contributed by atoms with E-state index in [4.69, 9.17) is 0 Å². The number of benzene rings is 1. The number of nitrogens with zero attached hydrogens (tertiary/aromatic N) is 1. The van der Waals surface area contributed by atoms with E-state index < -0.39 is 0 Å². The maximum absolute atomic E-state index is 12.9. The number of carbonyl (C=O) groups excluding carboxylic acids is 1. The SMILES string of the molecule is O=C(NCCCNc1nc(-c2ccc(F)cc2)cs1)c1cccs1. The van der Waals surface area contributed by atoms with Crippen LogP contribution in [0.15, 0.2) is 47.2 Å². The van der Waals surface area contributed by atoms with Gasteiger partial charge in [-0.1, -0.05) is 6.07 Å². The number of hydrogen-bond donors (Lipinski definition) is 2. The monoisotopic (exact) mass is 361 g/mol. The summed E-state index contributed by atoms with van der Waals surface area (Å²) in [6.45, 7) is 1.33. The molecule has 0 radical (unpaired) electrons. The zero-order valence-corrected chi connectivity index (χ0v) is 14.4. The number of halogens is 1. The van der Waals surface area contributed by atoms with Gasteiger partial charge in [0.15, 0.2) is 5.13 Å². The van der Waals surface area contributed by atoms with E-state index in [0.29, 0.717) is 6.54 Å². The fraction of sp³-hybridized carbons (Fsp3) is 0.176. The highest BCUT2D eigenvalue weighted by molar-refractivity contribution is 7.14. The van der Waals surface area contributed by atoms with Crippen molar-refractivity contribution in [2.24, 2.45) is 0 Å². The molecule has 0 spiro atoms. The second-order valence-electron chi connectivity index (χ2n) is 5.06. The van der Waals surface area contributed by atoms with Gasteiger partial charge in [0.2, 0.25) is 0 Å². The van der Waals surface area contributed by atoms with Crippen LogP contribution in [0.25, 0.3) is 11.3 Å². The van der Waals surface area contributed by atoms with E-state index in [9.17, 15) is 9.18 Å². The van der Waals surface area contributed by atoms with E-state index in [2.05, 4.69) is 15.6 Å².